The van der Waals surface area contributed by atoms with Crippen LogP contribution in [0, 0.1) is 12.7 Å². The van der Waals surface area contributed by atoms with Crippen LogP contribution >= 0.6 is 11.8 Å². The number of hydrogen-bond donors (Lipinski definition) is 2. The Balaban J connectivity index is 1.67. The first-order valence-electron chi connectivity index (χ1n) is 8.09. The first-order valence-corrected chi connectivity index (χ1v) is 8.97. The lowest BCUT2D eigenvalue weighted by atomic mass is 10.0. The molecule has 0 saturated carbocycles. The maximum Gasteiger partial charge on any atom is 0.240 e. The van der Waals surface area contributed by atoms with Gasteiger partial charge in [-0.1, -0.05) is 54.2 Å². The Morgan fingerprint density at radius 2 is 1.88 bits per heavy atom. The van der Waals surface area contributed by atoms with Gasteiger partial charge in [-0.05, 0) is 24.6 Å². The third kappa shape index (κ3) is 3.03. The molecule has 4 rings (SSSR count). The van der Waals surface area contributed by atoms with Gasteiger partial charge in [0.2, 0.25) is 11.1 Å². The van der Waals surface area contributed by atoms with Gasteiger partial charge in [0, 0.05) is 0 Å². The van der Waals surface area contributed by atoms with Crippen LogP contribution in [0.25, 0.3) is 0 Å². The minimum Gasteiger partial charge on any atom is -0.323 e. The third-order valence-corrected chi connectivity index (χ3v) is 5.36. The highest BCUT2D eigenvalue weighted by Gasteiger charge is 2.37. The lowest BCUT2D eigenvalue weighted by Crippen LogP contribution is -2.41. The maximum absolute atomic E-state index is 13.9. The van der Waals surface area contributed by atoms with Crippen molar-refractivity contribution in [1.82, 2.24) is 14.9 Å². The number of carbonyl (C=O) groups excluding carboxylic acids is 1. The van der Waals surface area contributed by atoms with Gasteiger partial charge in [-0.15, -0.1) is 10.2 Å². The van der Waals surface area contributed by atoms with Gasteiger partial charge in [-0.25, -0.2) is 9.07 Å². The second-order valence-electron chi connectivity index (χ2n) is 5.89. The lowest BCUT2D eigenvalue weighted by molar-refractivity contribution is -0.116. The van der Waals surface area contributed by atoms with Gasteiger partial charge in [0.25, 0.3) is 0 Å². The summed E-state index contributed by atoms with van der Waals surface area (Å²) in [6.07, 6.45) is 0. The van der Waals surface area contributed by atoms with E-state index in [9.17, 15) is 9.18 Å². The topological polar surface area (TPSA) is 71.8 Å². The van der Waals surface area contributed by atoms with Gasteiger partial charge in [-0.2, -0.15) is 0 Å². The summed E-state index contributed by atoms with van der Waals surface area (Å²) < 4.78 is 15.7. The number of amides is 1. The van der Waals surface area contributed by atoms with Gasteiger partial charge in [0.1, 0.15) is 16.9 Å². The molecule has 0 radical (unpaired) electrons. The SMILES string of the molecule is Cc1nnc2n1N[C@@H](c1ccccc1)[C@@H](C(=O)Nc1ccccc1F)S2. The van der Waals surface area contributed by atoms with Crippen molar-refractivity contribution in [2.75, 3.05) is 10.7 Å². The molecule has 0 spiro atoms. The number of benzene rings is 2. The normalized spacial score (nSPS) is 18.7. The number of hydrogen-bond acceptors (Lipinski definition) is 5. The van der Waals surface area contributed by atoms with Crippen LogP contribution in [-0.4, -0.2) is 26.0 Å². The zero-order valence-corrected chi connectivity index (χ0v) is 14.7. The maximum atomic E-state index is 13.9. The average Bonchev–Trinajstić information content (AvgIpc) is 3.03. The molecule has 0 unspecified atom stereocenters. The van der Waals surface area contributed by atoms with Crippen molar-refractivity contribution >= 4 is 23.4 Å². The van der Waals surface area contributed by atoms with E-state index in [2.05, 4.69) is 20.9 Å². The Morgan fingerprint density at radius 1 is 1.15 bits per heavy atom. The van der Waals surface area contributed by atoms with E-state index in [4.69, 9.17) is 0 Å². The molecular weight excluding hydrogens is 353 g/mol. The lowest BCUT2D eigenvalue weighted by Gasteiger charge is -2.32. The minimum absolute atomic E-state index is 0.160. The molecule has 132 valence electrons. The molecule has 1 amide bonds. The van der Waals surface area contributed by atoms with E-state index < -0.39 is 11.1 Å². The number of nitrogens with one attached hydrogen (secondary N) is 2. The van der Waals surface area contributed by atoms with Crippen molar-refractivity contribution in [1.29, 1.82) is 0 Å². The van der Waals surface area contributed by atoms with Crippen LogP contribution in [0.5, 0.6) is 0 Å². The molecule has 1 aromatic heterocycles. The zero-order chi connectivity index (χ0) is 18.1. The first-order chi connectivity index (χ1) is 12.6. The van der Waals surface area contributed by atoms with Crippen molar-refractivity contribution < 1.29 is 9.18 Å². The highest BCUT2D eigenvalue weighted by Crippen LogP contribution is 2.37. The summed E-state index contributed by atoms with van der Waals surface area (Å²) in [7, 11) is 0. The Labute approximate surface area is 153 Å². The molecule has 2 heterocycles. The number of carbonyl (C=O) groups is 1. The van der Waals surface area contributed by atoms with Crippen molar-refractivity contribution in [3.63, 3.8) is 0 Å². The predicted molar refractivity (Wildman–Crippen MR) is 98.0 cm³/mol. The molecule has 2 aromatic carbocycles. The molecule has 6 nitrogen and oxygen atoms in total. The van der Waals surface area contributed by atoms with Gasteiger partial charge in [0.15, 0.2) is 0 Å². The summed E-state index contributed by atoms with van der Waals surface area (Å²) in [5.74, 6) is -0.0559. The zero-order valence-electron chi connectivity index (χ0n) is 13.9. The Hall–Kier alpha value is -2.87. The number of para-hydroxylation sites is 1. The number of halogens is 1. The molecule has 0 bridgehead atoms. The number of anilines is 1. The van der Waals surface area contributed by atoms with E-state index in [-0.39, 0.29) is 17.6 Å². The molecular formula is C18H16FN5OS. The minimum atomic E-state index is -0.534. The van der Waals surface area contributed by atoms with Crippen LogP contribution in [-0.2, 0) is 4.79 Å². The third-order valence-electron chi connectivity index (χ3n) is 4.15. The number of rotatable bonds is 3. The van der Waals surface area contributed by atoms with E-state index in [1.165, 1.54) is 17.8 Å². The molecule has 3 aromatic rings. The van der Waals surface area contributed by atoms with Gasteiger partial charge in [-0.3, -0.25) is 4.79 Å². The van der Waals surface area contributed by atoms with Crippen LogP contribution in [0.2, 0.25) is 0 Å². The smallest absolute Gasteiger partial charge is 0.240 e. The van der Waals surface area contributed by atoms with Gasteiger partial charge < -0.3 is 10.7 Å². The fraction of sp³-hybridized carbons (Fsp3) is 0.167. The van der Waals surface area contributed by atoms with E-state index in [0.717, 1.165) is 5.56 Å². The second kappa shape index (κ2) is 6.80. The molecule has 1 aliphatic heterocycles. The van der Waals surface area contributed by atoms with Gasteiger partial charge >= 0.3 is 0 Å². The van der Waals surface area contributed by atoms with E-state index in [0.29, 0.717) is 11.0 Å². The van der Waals surface area contributed by atoms with Crippen molar-refractivity contribution in [3.05, 3.63) is 71.8 Å². The quantitative estimate of drug-likeness (QED) is 0.742. The largest absolute Gasteiger partial charge is 0.323 e. The number of aryl methyl sites for hydroxylation is 1. The predicted octanol–water partition coefficient (Wildman–Crippen LogP) is 3.12. The highest BCUT2D eigenvalue weighted by atomic mass is 32.2. The molecule has 2 N–H and O–H groups in total. The summed E-state index contributed by atoms with van der Waals surface area (Å²) in [5.41, 5.74) is 4.42. The Bertz CT molecular complexity index is 946. The van der Waals surface area contributed by atoms with Crippen molar-refractivity contribution in [3.8, 4) is 0 Å². The fourth-order valence-electron chi connectivity index (χ4n) is 2.84. The summed E-state index contributed by atoms with van der Waals surface area (Å²) >= 11 is 1.31. The summed E-state index contributed by atoms with van der Waals surface area (Å²) in [4.78, 5) is 12.9. The van der Waals surface area contributed by atoms with Crippen LogP contribution in [0.1, 0.15) is 17.4 Å². The van der Waals surface area contributed by atoms with Crippen LogP contribution in [0.3, 0.4) is 0 Å². The summed E-state index contributed by atoms with van der Waals surface area (Å²) in [6, 6.07) is 15.5. The molecule has 0 saturated heterocycles. The standard InChI is InChI=1S/C18H16FN5OS/c1-11-21-22-18-24(11)23-15(12-7-3-2-4-8-12)16(26-18)17(25)20-14-10-6-5-9-13(14)19/h2-10,15-16,23H,1H3,(H,20,25)/t15-,16-/m0/s1. The highest BCUT2D eigenvalue weighted by molar-refractivity contribution is 8.00. The average molecular weight is 369 g/mol. The number of aromatic nitrogens is 3. The summed E-state index contributed by atoms with van der Waals surface area (Å²) in [5, 5.41) is 10.9. The summed E-state index contributed by atoms with van der Waals surface area (Å²) in [6.45, 7) is 1.84. The Kier molecular flexibility index (Phi) is 4.34. The Morgan fingerprint density at radius 3 is 2.65 bits per heavy atom. The van der Waals surface area contributed by atoms with Crippen molar-refractivity contribution in [2.24, 2.45) is 0 Å². The number of thioether (sulfide) groups is 1. The van der Waals surface area contributed by atoms with E-state index in [1.54, 1.807) is 22.9 Å². The van der Waals surface area contributed by atoms with Crippen LogP contribution in [0.15, 0.2) is 59.8 Å². The molecule has 2 atom stereocenters. The van der Waals surface area contributed by atoms with Crippen LogP contribution < -0.4 is 10.7 Å². The molecule has 0 aliphatic carbocycles. The van der Waals surface area contributed by atoms with Gasteiger partial charge in [0.05, 0.1) is 11.7 Å². The number of nitrogens with zero attached hydrogens (tertiary/aromatic N) is 3. The van der Waals surface area contributed by atoms with Crippen LogP contribution in [0.4, 0.5) is 10.1 Å². The molecule has 26 heavy (non-hydrogen) atoms. The molecule has 1 aliphatic rings. The van der Waals surface area contributed by atoms with Crippen molar-refractivity contribution in [2.45, 2.75) is 23.4 Å². The molecule has 8 heteroatoms. The number of fused-ring (bicyclic) bond motifs is 1. The second-order valence-corrected chi connectivity index (χ2v) is 7.00. The van der Waals surface area contributed by atoms with E-state index >= 15 is 0 Å². The first kappa shape index (κ1) is 16.6. The fourth-order valence-corrected chi connectivity index (χ4v) is 3.96. The molecule has 0 fully saturated rings. The van der Waals surface area contributed by atoms with E-state index in [1.807, 2.05) is 37.3 Å². The monoisotopic (exact) mass is 369 g/mol.